The van der Waals surface area contributed by atoms with E-state index in [1.165, 1.54) is 0 Å². The summed E-state index contributed by atoms with van der Waals surface area (Å²) in [6, 6.07) is 19.4. The number of ether oxygens (including phenoxy) is 2. The SMILES string of the molecule is Cc1nc(Oc2ccccc2)c(N)c(N)c1CCOCc1ccccc1. The van der Waals surface area contributed by atoms with Crippen molar-refractivity contribution in [3.63, 3.8) is 0 Å². The van der Waals surface area contributed by atoms with E-state index in [9.17, 15) is 0 Å². The van der Waals surface area contributed by atoms with Gasteiger partial charge in [0.05, 0.1) is 18.9 Å². The van der Waals surface area contributed by atoms with E-state index in [1.807, 2.05) is 67.6 Å². The van der Waals surface area contributed by atoms with Crippen molar-refractivity contribution in [2.75, 3.05) is 18.1 Å². The van der Waals surface area contributed by atoms with Crippen molar-refractivity contribution in [1.29, 1.82) is 0 Å². The Morgan fingerprint density at radius 3 is 2.23 bits per heavy atom. The first kappa shape index (κ1) is 17.8. The summed E-state index contributed by atoms with van der Waals surface area (Å²) in [4.78, 5) is 4.48. The first-order valence-corrected chi connectivity index (χ1v) is 8.54. The first-order valence-electron chi connectivity index (χ1n) is 8.54. The van der Waals surface area contributed by atoms with Gasteiger partial charge in [-0.1, -0.05) is 48.5 Å². The number of anilines is 2. The van der Waals surface area contributed by atoms with Gasteiger partial charge < -0.3 is 20.9 Å². The fourth-order valence-electron chi connectivity index (χ4n) is 2.68. The number of benzene rings is 2. The van der Waals surface area contributed by atoms with Gasteiger partial charge in [-0.05, 0) is 31.0 Å². The molecule has 0 aliphatic carbocycles. The maximum atomic E-state index is 6.23. The van der Waals surface area contributed by atoms with E-state index < -0.39 is 0 Å². The van der Waals surface area contributed by atoms with Crippen molar-refractivity contribution < 1.29 is 9.47 Å². The van der Waals surface area contributed by atoms with Gasteiger partial charge in [0.15, 0.2) is 0 Å². The van der Waals surface area contributed by atoms with Crippen LogP contribution in [0.15, 0.2) is 60.7 Å². The number of nitrogens with two attached hydrogens (primary N) is 2. The number of rotatable bonds is 7. The molecule has 0 fully saturated rings. The second-order valence-electron chi connectivity index (χ2n) is 6.01. The van der Waals surface area contributed by atoms with E-state index in [0.717, 1.165) is 16.8 Å². The Morgan fingerprint density at radius 1 is 0.885 bits per heavy atom. The number of nitrogen functional groups attached to an aromatic ring is 2. The number of para-hydroxylation sites is 1. The fourth-order valence-corrected chi connectivity index (χ4v) is 2.68. The topological polar surface area (TPSA) is 83.4 Å². The summed E-state index contributed by atoms with van der Waals surface area (Å²) in [5.41, 5.74) is 16.1. The zero-order valence-corrected chi connectivity index (χ0v) is 14.8. The van der Waals surface area contributed by atoms with Crippen LogP contribution in [0.5, 0.6) is 11.6 Å². The minimum Gasteiger partial charge on any atom is -0.437 e. The molecule has 134 valence electrons. The summed E-state index contributed by atoms with van der Waals surface area (Å²) in [5.74, 6) is 1.00. The standard InChI is InChI=1S/C21H23N3O2/c1-15-18(12-13-25-14-16-8-4-2-5-9-16)19(22)20(23)21(24-15)26-17-10-6-3-7-11-17/h2-11H,12-14,23H2,1H3,(H2,22,24). The molecule has 0 saturated heterocycles. The Labute approximate surface area is 153 Å². The van der Waals surface area contributed by atoms with Gasteiger partial charge in [0.2, 0.25) is 5.88 Å². The van der Waals surface area contributed by atoms with Crippen LogP contribution in [0.2, 0.25) is 0 Å². The predicted molar refractivity (Wildman–Crippen MR) is 104 cm³/mol. The van der Waals surface area contributed by atoms with Crippen molar-refractivity contribution in [3.05, 3.63) is 77.5 Å². The molecule has 1 heterocycles. The third-order valence-corrected chi connectivity index (χ3v) is 4.12. The molecule has 0 bridgehead atoms. The van der Waals surface area contributed by atoms with Crippen LogP contribution < -0.4 is 16.2 Å². The number of aryl methyl sites for hydroxylation is 1. The number of aromatic nitrogens is 1. The van der Waals surface area contributed by atoms with Crippen LogP contribution in [0.25, 0.3) is 0 Å². The van der Waals surface area contributed by atoms with Gasteiger partial charge >= 0.3 is 0 Å². The molecule has 2 aromatic carbocycles. The van der Waals surface area contributed by atoms with Crippen molar-refractivity contribution in [2.45, 2.75) is 20.0 Å². The molecule has 26 heavy (non-hydrogen) atoms. The molecule has 0 aliphatic rings. The van der Waals surface area contributed by atoms with Crippen LogP contribution in [-0.2, 0) is 17.8 Å². The van der Waals surface area contributed by atoms with Gasteiger partial charge in [0.1, 0.15) is 11.4 Å². The molecule has 3 aromatic rings. The molecule has 0 spiro atoms. The number of pyridine rings is 1. The van der Waals surface area contributed by atoms with E-state index in [0.29, 0.717) is 42.6 Å². The molecule has 0 radical (unpaired) electrons. The largest absolute Gasteiger partial charge is 0.437 e. The Bertz CT molecular complexity index is 852. The molecule has 0 atom stereocenters. The van der Waals surface area contributed by atoms with E-state index in [1.54, 1.807) is 0 Å². The highest BCUT2D eigenvalue weighted by Crippen LogP contribution is 2.33. The van der Waals surface area contributed by atoms with Crippen LogP contribution in [0.3, 0.4) is 0 Å². The fraction of sp³-hybridized carbons (Fsp3) is 0.190. The lowest BCUT2D eigenvalue weighted by Crippen LogP contribution is -2.09. The normalized spacial score (nSPS) is 10.7. The smallest absolute Gasteiger partial charge is 0.245 e. The number of hydrogen-bond donors (Lipinski definition) is 2. The summed E-state index contributed by atoms with van der Waals surface area (Å²) in [5, 5.41) is 0. The monoisotopic (exact) mass is 349 g/mol. The Kier molecular flexibility index (Phi) is 5.71. The zero-order chi connectivity index (χ0) is 18.4. The van der Waals surface area contributed by atoms with E-state index in [-0.39, 0.29) is 0 Å². The van der Waals surface area contributed by atoms with Gasteiger partial charge in [-0.15, -0.1) is 0 Å². The predicted octanol–water partition coefficient (Wildman–Crippen LogP) is 4.11. The van der Waals surface area contributed by atoms with Crippen molar-refractivity contribution >= 4 is 11.4 Å². The van der Waals surface area contributed by atoms with Crippen LogP contribution >= 0.6 is 0 Å². The molecule has 1 aromatic heterocycles. The second-order valence-corrected chi connectivity index (χ2v) is 6.01. The minimum absolute atomic E-state index is 0.333. The molecular formula is C21H23N3O2. The van der Waals surface area contributed by atoms with Gasteiger partial charge in [0.25, 0.3) is 0 Å². The van der Waals surface area contributed by atoms with Crippen molar-refractivity contribution in [2.24, 2.45) is 0 Å². The summed E-state index contributed by atoms with van der Waals surface area (Å²) >= 11 is 0. The highest BCUT2D eigenvalue weighted by Gasteiger charge is 2.15. The van der Waals surface area contributed by atoms with Crippen LogP contribution in [0, 0.1) is 6.92 Å². The zero-order valence-electron chi connectivity index (χ0n) is 14.8. The molecule has 0 aliphatic heterocycles. The molecular weight excluding hydrogens is 326 g/mol. The van der Waals surface area contributed by atoms with Crippen LogP contribution in [0.1, 0.15) is 16.8 Å². The van der Waals surface area contributed by atoms with E-state index in [2.05, 4.69) is 4.98 Å². The third-order valence-electron chi connectivity index (χ3n) is 4.12. The number of nitrogens with zero attached hydrogens (tertiary/aromatic N) is 1. The average Bonchev–Trinajstić information content (AvgIpc) is 2.67. The molecule has 0 saturated carbocycles. The second kappa shape index (κ2) is 8.36. The van der Waals surface area contributed by atoms with Crippen molar-refractivity contribution in [1.82, 2.24) is 4.98 Å². The summed E-state index contributed by atoms with van der Waals surface area (Å²) in [6.45, 7) is 3.01. The molecule has 3 rings (SSSR count). The lowest BCUT2D eigenvalue weighted by atomic mass is 10.1. The highest BCUT2D eigenvalue weighted by atomic mass is 16.5. The lowest BCUT2D eigenvalue weighted by molar-refractivity contribution is 0.124. The Balaban J connectivity index is 1.65. The lowest BCUT2D eigenvalue weighted by Gasteiger charge is -2.15. The molecule has 0 unspecified atom stereocenters. The summed E-state index contributed by atoms with van der Waals surface area (Å²) in [7, 11) is 0. The molecule has 5 nitrogen and oxygen atoms in total. The van der Waals surface area contributed by atoms with Gasteiger partial charge in [0, 0.05) is 11.3 Å². The maximum Gasteiger partial charge on any atom is 0.245 e. The summed E-state index contributed by atoms with van der Waals surface area (Å²) < 4.78 is 11.5. The molecule has 0 amide bonds. The van der Waals surface area contributed by atoms with Crippen LogP contribution in [-0.4, -0.2) is 11.6 Å². The highest BCUT2D eigenvalue weighted by molar-refractivity contribution is 5.73. The summed E-state index contributed by atoms with van der Waals surface area (Å²) in [6.07, 6.45) is 0.646. The first-order chi connectivity index (χ1) is 12.6. The minimum atomic E-state index is 0.333. The number of hydrogen-bond acceptors (Lipinski definition) is 5. The average molecular weight is 349 g/mol. The Morgan fingerprint density at radius 2 is 1.54 bits per heavy atom. The molecule has 4 N–H and O–H groups in total. The Hall–Kier alpha value is -3.05. The van der Waals surface area contributed by atoms with E-state index >= 15 is 0 Å². The van der Waals surface area contributed by atoms with Crippen molar-refractivity contribution in [3.8, 4) is 11.6 Å². The van der Waals surface area contributed by atoms with Crippen LogP contribution in [0.4, 0.5) is 11.4 Å². The molecule has 5 heteroatoms. The quantitative estimate of drug-likeness (QED) is 0.627. The van der Waals surface area contributed by atoms with E-state index in [4.69, 9.17) is 20.9 Å². The third kappa shape index (κ3) is 4.32. The van der Waals surface area contributed by atoms with Gasteiger partial charge in [-0.2, -0.15) is 0 Å². The van der Waals surface area contributed by atoms with Gasteiger partial charge in [-0.3, -0.25) is 0 Å². The van der Waals surface area contributed by atoms with Gasteiger partial charge in [-0.25, -0.2) is 4.98 Å². The maximum absolute atomic E-state index is 6.23.